The van der Waals surface area contributed by atoms with E-state index in [9.17, 15) is 14.4 Å². The summed E-state index contributed by atoms with van der Waals surface area (Å²) in [7, 11) is 0. The van der Waals surface area contributed by atoms with Crippen LogP contribution < -0.4 is 0 Å². The molecule has 37 heavy (non-hydrogen) atoms. The first kappa shape index (κ1) is 24.9. The smallest absolute Gasteiger partial charge is 0.261 e. The van der Waals surface area contributed by atoms with Crippen LogP contribution in [0.4, 0.5) is 5.69 Å². The molecule has 1 atom stereocenters. The third-order valence-corrected chi connectivity index (χ3v) is 7.58. The standard InChI is InChI=1S/C31H33N3O3/c1-4-21(35)13-7-5-6-12-18-34-30(36)28(26-19(2)32-24-16-10-8-14-22(24)26)29(31(34)37)27-20(3)33-25-17-11-9-15-23(25)27/h8-11,14-17,26,33H,4-7,12-13,18H2,1-3H3. The minimum atomic E-state index is -0.347. The number of para-hydroxylation sites is 2. The van der Waals surface area contributed by atoms with E-state index < -0.39 is 0 Å². The fraction of sp³-hybridized carbons (Fsp3) is 0.355. The van der Waals surface area contributed by atoms with Gasteiger partial charge in [-0.1, -0.05) is 56.2 Å². The number of carbonyl (C=O) groups is 3. The number of Topliss-reactive ketones (excluding diaryl/α,β-unsaturated/α-hetero) is 1. The van der Waals surface area contributed by atoms with Gasteiger partial charge in [-0.05, 0) is 44.4 Å². The van der Waals surface area contributed by atoms with E-state index in [-0.39, 0.29) is 23.5 Å². The normalized spacial score (nSPS) is 17.2. The van der Waals surface area contributed by atoms with Gasteiger partial charge in [0.1, 0.15) is 5.78 Å². The summed E-state index contributed by atoms with van der Waals surface area (Å²) in [5.41, 5.74) is 6.29. The summed E-state index contributed by atoms with van der Waals surface area (Å²) in [6.45, 7) is 6.16. The Labute approximate surface area is 217 Å². The van der Waals surface area contributed by atoms with Crippen molar-refractivity contribution in [1.29, 1.82) is 0 Å². The zero-order valence-electron chi connectivity index (χ0n) is 21.8. The maximum atomic E-state index is 14.0. The number of rotatable bonds is 10. The maximum Gasteiger partial charge on any atom is 0.261 e. The molecule has 1 aromatic heterocycles. The van der Waals surface area contributed by atoms with Crippen molar-refractivity contribution in [2.75, 3.05) is 6.54 Å². The fourth-order valence-electron chi connectivity index (χ4n) is 5.71. The molecule has 0 fully saturated rings. The number of H-pyrrole nitrogens is 1. The van der Waals surface area contributed by atoms with Crippen LogP contribution in [0.2, 0.25) is 0 Å². The zero-order valence-corrected chi connectivity index (χ0v) is 21.8. The first-order valence-corrected chi connectivity index (χ1v) is 13.3. The number of aromatic nitrogens is 1. The van der Waals surface area contributed by atoms with E-state index in [1.165, 1.54) is 4.90 Å². The van der Waals surface area contributed by atoms with Crippen LogP contribution in [0.15, 0.2) is 59.1 Å². The van der Waals surface area contributed by atoms with Gasteiger partial charge >= 0.3 is 0 Å². The second kappa shape index (κ2) is 10.3. The van der Waals surface area contributed by atoms with Crippen LogP contribution >= 0.6 is 0 Å². The van der Waals surface area contributed by atoms with E-state index in [4.69, 9.17) is 4.99 Å². The van der Waals surface area contributed by atoms with Gasteiger partial charge in [0.05, 0.1) is 17.2 Å². The summed E-state index contributed by atoms with van der Waals surface area (Å²) in [6, 6.07) is 15.8. The first-order valence-electron chi connectivity index (χ1n) is 13.3. The maximum absolute atomic E-state index is 14.0. The second-order valence-corrected chi connectivity index (χ2v) is 10.0. The van der Waals surface area contributed by atoms with Crippen molar-refractivity contribution in [2.24, 2.45) is 4.99 Å². The van der Waals surface area contributed by atoms with Crippen molar-refractivity contribution in [2.45, 2.75) is 65.2 Å². The van der Waals surface area contributed by atoms with Crippen LogP contribution in [-0.4, -0.2) is 39.7 Å². The molecule has 0 saturated carbocycles. The second-order valence-electron chi connectivity index (χ2n) is 10.0. The number of hydrogen-bond acceptors (Lipinski definition) is 4. The number of ketones is 1. The summed E-state index contributed by atoms with van der Waals surface area (Å²) in [4.78, 5) is 49.1. The van der Waals surface area contributed by atoms with E-state index >= 15 is 0 Å². The summed E-state index contributed by atoms with van der Waals surface area (Å²) in [5, 5.41) is 0.942. The number of hydrogen-bond donors (Lipinski definition) is 1. The molecule has 0 saturated heterocycles. The number of fused-ring (bicyclic) bond motifs is 2. The van der Waals surface area contributed by atoms with E-state index in [1.807, 2.05) is 69.3 Å². The lowest BCUT2D eigenvalue weighted by molar-refractivity contribution is -0.137. The van der Waals surface area contributed by atoms with Crippen molar-refractivity contribution < 1.29 is 14.4 Å². The molecule has 5 rings (SSSR count). The number of aromatic amines is 1. The highest BCUT2D eigenvalue weighted by Gasteiger charge is 2.45. The van der Waals surface area contributed by atoms with Crippen molar-refractivity contribution in [3.8, 4) is 0 Å². The molecule has 1 N–H and O–H groups in total. The SMILES string of the molecule is CCC(=O)CCCCCCN1C(=O)C(c2c(C)[nH]c3ccccc23)=C(C2C(C)=Nc3ccccc32)C1=O. The molecule has 190 valence electrons. The monoisotopic (exact) mass is 495 g/mol. The largest absolute Gasteiger partial charge is 0.358 e. The molecule has 1 unspecified atom stereocenters. The summed E-state index contributed by atoms with van der Waals surface area (Å²) in [5.74, 6) is -0.514. The molecule has 2 aliphatic rings. The van der Waals surface area contributed by atoms with Gasteiger partial charge in [-0.3, -0.25) is 24.3 Å². The summed E-state index contributed by atoms with van der Waals surface area (Å²) in [6.07, 6.45) is 4.55. The number of carbonyl (C=O) groups excluding carboxylic acids is 3. The number of benzene rings is 2. The van der Waals surface area contributed by atoms with Gasteiger partial charge in [0.25, 0.3) is 11.8 Å². The molecule has 2 aliphatic heterocycles. The Morgan fingerprint density at radius 1 is 0.946 bits per heavy atom. The van der Waals surface area contributed by atoms with Gasteiger partial charge in [0.15, 0.2) is 0 Å². The molecule has 2 amide bonds. The number of amides is 2. The molecule has 6 nitrogen and oxygen atoms in total. The van der Waals surface area contributed by atoms with E-state index in [0.717, 1.165) is 64.8 Å². The van der Waals surface area contributed by atoms with Crippen LogP contribution in [0.1, 0.15) is 75.1 Å². The summed E-state index contributed by atoms with van der Waals surface area (Å²) < 4.78 is 0. The molecular weight excluding hydrogens is 462 g/mol. The lowest BCUT2D eigenvalue weighted by atomic mass is 9.84. The van der Waals surface area contributed by atoms with Gasteiger partial charge in [0, 0.05) is 52.8 Å². The average Bonchev–Trinajstić information content (AvgIpc) is 3.48. The average molecular weight is 496 g/mol. The molecule has 0 bridgehead atoms. The Morgan fingerprint density at radius 2 is 1.68 bits per heavy atom. The predicted octanol–water partition coefficient (Wildman–Crippen LogP) is 6.42. The zero-order chi connectivity index (χ0) is 26.1. The van der Waals surface area contributed by atoms with Gasteiger partial charge in [0.2, 0.25) is 0 Å². The van der Waals surface area contributed by atoms with Crippen LogP contribution in [0, 0.1) is 6.92 Å². The van der Waals surface area contributed by atoms with Crippen molar-refractivity contribution in [3.05, 3.63) is 70.9 Å². The Kier molecular flexibility index (Phi) is 6.92. The van der Waals surface area contributed by atoms with Crippen LogP contribution in [0.3, 0.4) is 0 Å². The quantitative estimate of drug-likeness (QED) is 0.260. The van der Waals surface area contributed by atoms with Gasteiger partial charge in [-0.15, -0.1) is 0 Å². The van der Waals surface area contributed by atoms with Crippen LogP contribution in [0.25, 0.3) is 16.5 Å². The van der Waals surface area contributed by atoms with Crippen molar-refractivity contribution in [3.63, 3.8) is 0 Å². The number of unbranched alkanes of at least 4 members (excludes halogenated alkanes) is 3. The number of aliphatic imine (C=N–C) groups is 1. The number of nitrogens with zero attached hydrogens (tertiary/aromatic N) is 2. The lowest BCUT2D eigenvalue weighted by Crippen LogP contribution is -2.33. The molecule has 3 heterocycles. The molecular formula is C31H33N3O3. The van der Waals surface area contributed by atoms with Crippen molar-refractivity contribution >= 4 is 45.5 Å². The van der Waals surface area contributed by atoms with Crippen molar-refractivity contribution in [1.82, 2.24) is 9.88 Å². The highest BCUT2D eigenvalue weighted by atomic mass is 16.2. The van der Waals surface area contributed by atoms with Crippen LogP contribution in [0.5, 0.6) is 0 Å². The van der Waals surface area contributed by atoms with Crippen LogP contribution in [-0.2, 0) is 14.4 Å². The molecule has 0 radical (unpaired) electrons. The van der Waals surface area contributed by atoms with E-state index in [2.05, 4.69) is 4.98 Å². The lowest BCUT2D eigenvalue weighted by Gasteiger charge is -2.17. The number of imide groups is 1. The molecule has 6 heteroatoms. The third kappa shape index (κ3) is 4.45. The molecule has 0 spiro atoms. The third-order valence-electron chi connectivity index (χ3n) is 7.58. The fourth-order valence-corrected chi connectivity index (χ4v) is 5.71. The van der Waals surface area contributed by atoms with Gasteiger partial charge in [-0.2, -0.15) is 0 Å². The highest BCUT2D eigenvalue weighted by molar-refractivity contribution is 6.39. The van der Waals surface area contributed by atoms with Gasteiger partial charge in [-0.25, -0.2) is 0 Å². The molecule has 0 aliphatic carbocycles. The highest BCUT2D eigenvalue weighted by Crippen LogP contribution is 2.46. The number of aryl methyl sites for hydroxylation is 1. The first-order chi connectivity index (χ1) is 17.9. The van der Waals surface area contributed by atoms with E-state index in [0.29, 0.717) is 30.5 Å². The Bertz CT molecular complexity index is 1460. The topological polar surface area (TPSA) is 82.6 Å². The Morgan fingerprint density at radius 3 is 2.49 bits per heavy atom. The minimum absolute atomic E-state index is 0.220. The Hall–Kier alpha value is -3.80. The summed E-state index contributed by atoms with van der Waals surface area (Å²) >= 11 is 0. The molecule has 3 aromatic rings. The molecule has 2 aromatic carbocycles. The Balaban J connectivity index is 1.50. The van der Waals surface area contributed by atoms with Gasteiger partial charge < -0.3 is 4.98 Å². The van der Waals surface area contributed by atoms with E-state index in [1.54, 1.807) is 0 Å². The predicted molar refractivity (Wildman–Crippen MR) is 147 cm³/mol. The number of nitrogens with one attached hydrogen (secondary N) is 1. The minimum Gasteiger partial charge on any atom is -0.358 e.